The number of ether oxygens (including phenoxy) is 1. The molecule has 0 fully saturated rings. The lowest BCUT2D eigenvalue weighted by Gasteiger charge is -2.09. The fraction of sp³-hybridized carbons (Fsp3) is 0.0909. The second-order valence-electron chi connectivity index (χ2n) is 6.26. The minimum Gasteiger partial charge on any atom is -0.461 e. The average molecular weight is 418 g/mol. The van der Waals surface area contributed by atoms with Crippen molar-refractivity contribution in [1.82, 2.24) is 14.8 Å². The summed E-state index contributed by atoms with van der Waals surface area (Å²) in [6.07, 6.45) is 1.72. The number of aromatic nitrogens is 3. The predicted molar refractivity (Wildman–Crippen MR) is 115 cm³/mol. The number of thiazole rings is 1. The molecule has 2 aromatic carbocycles. The number of amides is 1. The van der Waals surface area contributed by atoms with Gasteiger partial charge in [-0.1, -0.05) is 36.4 Å². The molecule has 0 aliphatic rings. The Balaban J connectivity index is 1.55. The van der Waals surface area contributed by atoms with Crippen LogP contribution in [-0.2, 0) is 4.74 Å². The summed E-state index contributed by atoms with van der Waals surface area (Å²) in [5, 5.41) is 9.02. The first-order valence-electron chi connectivity index (χ1n) is 9.29. The summed E-state index contributed by atoms with van der Waals surface area (Å²) in [6.45, 7) is 1.99. The monoisotopic (exact) mass is 418 g/mol. The van der Waals surface area contributed by atoms with Crippen LogP contribution in [0.2, 0.25) is 0 Å². The van der Waals surface area contributed by atoms with Gasteiger partial charge in [-0.05, 0) is 31.2 Å². The van der Waals surface area contributed by atoms with Crippen LogP contribution in [0.15, 0.2) is 72.2 Å². The lowest BCUT2D eigenvalue weighted by atomic mass is 10.1. The standard InChI is InChI=1S/C22H18N4O3S/c1-2-29-21(28)18-14-30-22(24-18)25-20(27)16-9-6-10-17(13-16)26-19(11-12-23-26)15-7-4-3-5-8-15/h3-14H,2H2,1H3,(H,24,25,27). The summed E-state index contributed by atoms with van der Waals surface area (Å²) < 4.78 is 6.70. The van der Waals surface area contributed by atoms with E-state index in [0.717, 1.165) is 16.9 Å². The lowest BCUT2D eigenvalue weighted by Crippen LogP contribution is -2.13. The Morgan fingerprint density at radius 1 is 1.10 bits per heavy atom. The Hall–Kier alpha value is -3.78. The number of carbonyl (C=O) groups excluding carboxylic acids is 2. The zero-order valence-electron chi connectivity index (χ0n) is 16.1. The number of carbonyl (C=O) groups is 2. The van der Waals surface area contributed by atoms with E-state index in [1.807, 2.05) is 42.5 Å². The Labute approximate surface area is 177 Å². The molecule has 0 bridgehead atoms. The molecule has 0 atom stereocenters. The van der Waals surface area contributed by atoms with Crippen molar-refractivity contribution in [3.8, 4) is 16.9 Å². The largest absolute Gasteiger partial charge is 0.461 e. The number of nitrogens with zero attached hydrogens (tertiary/aromatic N) is 3. The minimum absolute atomic E-state index is 0.176. The van der Waals surface area contributed by atoms with Crippen LogP contribution in [0, 0.1) is 0 Å². The first kappa shape index (κ1) is 19.5. The summed E-state index contributed by atoms with van der Waals surface area (Å²) in [5.74, 6) is -0.835. The highest BCUT2D eigenvalue weighted by atomic mass is 32.1. The van der Waals surface area contributed by atoms with Gasteiger partial charge in [0, 0.05) is 16.5 Å². The minimum atomic E-state index is -0.511. The van der Waals surface area contributed by atoms with Crippen LogP contribution in [0.1, 0.15) is 27.8 Å². The van der Waals surface area contributed by atoms with Crippen LogP contribution >= 0.6 is 11.3 Å². The molecule has 2 heterocycles. The molecule has 0 unspecified atom stereocenters. The lowest BCUT2D eigenvalue weighted by molar-refractivity contribution is 0.0520. The van der Waals surface area contributed by atoms with Crippen molar-refractivity contribution in [2.24, 2.45) is 0 Å². The summed E-state index contributed by atoms with van der Waals surface area (Å²) in [4.78, 5) is 28.6. The fourth-order valence-corrected chi connectivity index (χ4v) is 3.59. The molecule has 0 aliphatic heterocycles. The van der Waals surface area contributed by atoms with Crippen LogP contribution in [0.4, 0.5) is 5.13 Å². The molecule has 0 radical (unpaired) electrons. The summed E-state index contributed by atoms with van der Waals surface area (Å²) in [6, 6.07) is 19.0. The molecule has 1 amide bonds. The highest BCUT2D eigenvalue weighted by Gasteiger charge is 2.15. The van der Waals surface area contributed by atoms with Gasteiger partial charge in [-0.15, -0.1) is 11.3 Å². The Bertz CT molecular complexity index is 1180. The molecule has 150 valence electrons. The van der Waals surface area contributed by atoms with Gasteiger partial charge >= 0.3 is 5.97 Å². The van der Waals surface area contributed by atoms with E-state index in [1.54, 1.807) is 41.4 Å². The number of hydrogen-bond acceptors (Lipinski definition) is 6. The smallest absolute Gasteiger partial charge is 0.357 e. The molecule has 4 rings (SSSR count). The molecule has 0 saturated carbocycles. The quantitative estimate of drug-likeness (QED) is 0.468. The third kappa shape index (κ3) is 4.13. The highest BCUT2D eigenvalue weighted by molar-refractivity contribution is 7.14. The number of benzene rings is 2. The highest BCUT2D eigenvalue weighted by Crippen LogP contribution is 2.23. The molecular formula is C22H18N4O3S. The van der Waals surface area contributed by atoms with Gasteiger partial charge in [0.15, 0.2) is 10.8 Å². The Kier molecular flexibility index (Phi) is 5.67. The molecular weight excluding hydrogens is 400 g/mol. The second-order valence-corrected chi connectivity index (χ2v) is 7.12. The van der Waals surface area contributed by atoms with E-state index < -0.39 is 5.97 Å². The number of rotatable bonds is 6. The van der Waals surface area contributed by atoms with Gasteiger partial charge in [-0.3, -0.25) is 10.1 Å². The maximum Gasteiger partial charge on any atom is 0.357 e. The van der Waals surface area contributed by atoms with Crippen molar-refractivity contribution in [3.05, 3.63) is 83.5 Å². The van der Waals surface area contributed by atoms with E-state index in [4.69, 9.17) is 4.74 Å². The normalized spacial score (nSPS) is 10.6. The third-order valence-electron chi connectivity index (χ3n) is 4.27. The number of hydrogen-bond donors (Lipinski definition) is 1. The summed E-state index contributed by atoms with van der Waals surface area (Å²) in [7, 11) is 0. The van der Waals surface area contributed by atoms with Crippen LogP contribution in [0.3, 0.4) is 0 Å². The van der Waals surface area contributed by atoms with E-state index in [2.05, 4.69) is 15.4 Å². The van der Waals surface area contributed by atoms with Gasteiger partial charge in [0.2, 0.25) is 0 Å². The van der Waals surface area contributed by atoms with Crippen LogP contribution in [0.25, 0.3) is 16.9 Å². The van der Waals surface area contributed by atoms with E-state index >= 15 is 0 Å². The second kappa shape index (κ2) is 8.71. The van der Waals surface area contributed by atoms with Gasteiger partial charge in [0.1, 0.15) is 0 Å². The van der Waals surface area contributed by atoms with Crippen molar-refractivity contribution in [2.75, 3.05) is 11.9 Å². The maximum absolute atomic E-state index is 12.7. The summed E-state index contributed by atoms with van der Waals surface area (Å²) in [5.41, 5.74) is 3.34. The van der Waals surface area contributed by atoms with Crippen LogP contribution in [-0.4, -0.2) is 33.2 Å². The van der Waals surface area contributed by atoms with Crippen molar-refractivity contribution in [3.63, 3.8) is 0 Å². The van der Waals surface area contributed by atoms with Gasteiger partial charge in [0.05, 0.1) is 24.2 Å². The first-order valence-corrected chi connectivity index (χ1v) is 10.2. The van der Waals surface area contributed by atoms with Gasteiger partial charge in [-0.2, -0.15) is 5.10 Å². The fourth-order valence-electron chi connectivity index (χ4n) is 2.91. The van der Waals surface area contributed by atoms with E-state index in [0.29, 0.717) is 10.7 Å². The first-order chi connectivity index (χ1) is 14.7. The molecule has 4 aromatic rings. The van der Waals surface area contributed by atoms with Gasteiger partial charge in [-0.25, -0.2) is 14.5 Å². The molecule has 0 saturated heterocycles. The van der Waals surface area contributed by atoms with Crippen molar-refractivity contribution < 1.29 is 14.3 Å². The average Bonchev–Trinajstić information content (AvgIpc) is 3.44. The SMILES string of the molecule is CCOC(=O)c1csc(NC(=O)c2cccc(-n3nccc3-c3ccccc3)c2)n1. The summed E-state index contributed by atoms with van der Waals surface area (Å²) >= 11 is 1.17. The Morgan fingerprint density at radius 3 is 2.73 bits per heavy atom. The third-order valence-corrected chi connectivity index (χ3v) is 5.03. The van der Waals surface area contributed by atoms with Gasteiger partial charge in [0.25, 0.3) is 5.91 Å². The predicted octanol–water partition coefficient (Wildman–Crippen LogP) is 4.42. The molecule has 7 nitrogen and oxygen atoms in total. The van der Waals surface area contributed by atoms with E-state index in [-0.39, 0.29) is 18.2 Å². The van der Waals surface area contributed by atoms with E-state index in [9.17, 15) is 9.59 Å². The van der Waals surface area contributed by atoms with Crippen molar-refractivity contribution in [1.29, 1.82) is 0 Å². The topological polar surface area (TPSA) is 86.1 Å². The zero-order valence-corrected chi connectivity index (χ0v) is 16.9. The number of nitrogens with one attached hydrogen (secondary N) is 1. The van der Waals surface area contributed by atoms with Crippen molar-refractivity contribution in [2.45, 2.75) is 6.92 Å². The maximum atomic E-state index is 12.7. The van der Waals surface area contributed by atoms with Gasteiger partial charge < -0.3 is 4.74 Å². The molecule has 0 spiro atoms. The number of esters is 1. The zero-order chi connectivity index (χ0) is 20.9. The Morgan fingerprint density at radius 2 is 1.93 bits per heavy atom. The van der Waals surface area contributed by atoms with Crippen molar-refractivity contribution >= 4 is 28.3 Å². The molecule has 0 aliphatic carbocycles. The van der Waals surface area contributed by atoms with Crippen LogP contribution < -0.4 is 5.32 Å². The molecule has 8 heteroatoms. The number of anilines is 1. The molecule has 2 aromatic heterocycles. The molecule has 30 heavy (non-hydrogen) atoms. The van der Waals surface area contributed by atoms with Crippen LogP contribution in [0.5, 0.6) is 0 Å². The molecule has 1 N–H and O–H groups in total. The van der Waals surface area contributed by atoms with E-state index in [1.165, 1.54) is 11.3 Å².